The monoisotopic (exact) mass is 588 g/mol. The van der Waals surface area contributed by atoms with E-state index in [-0.39, 0.29) is 32.7 Å². The minimum absolute atomic E-state index is 0.0817. The molecular weight excluding hydrogens is 542 g/mol. The van der Waals surface area contributed by atoms with E-state index in [1.807, 2.05) is 4.72 Å². The highest BCUT2D eigenvalue weighted by Crippen LogP contribution is 2.30. The number of ether oxygens (including phenoxy) is 2. The van der Waals surface area contributed by atoms with E-state index in [1.54, 1.807) is 13.1 Å². The van der Waals surface area contributed by atoms with Gasteiger partial charge in [0.15, 0.2) is 0 Å². The summed E-state index contributed by atoms with van der Waals surface area (Å²) in [5.41, 5.74) is -0.180. The van der Waals surface area contributed by atoms with E-state index in [1.165, 1.54) is 54.1 Å². The molecule has 2 amide bonds. The van der Waals surface area contributed by atoms with Crippen LogP contribution < -0.4 is 14.8 Å². The van der Waals surface area contributed by atoms with Crippen molar-refractivity contribution in [2.45, 2.75) is 49.8 Å². The zero-order valence-corrected chi connectivity index (χ0v) is 22.5. The molecule has 2 N–H and O–H groups in total. The number of hydrogen-bond donors (Lipinski definition) is 2. The first-order chi connectivity index (χ1) is 24.6. The van der Waals surface area contributed by atoms with E-state index < -0.39 is 72.8 Å². The number of rotatable bonds is 8. The third-order valence-corrected chi connectivity index (χ3v) is 7.65. The van der Waals surface area contributed by atoms with Gasteiger partial charge in [-0.1, -0.05) is 24.3 Å². The highest BCUT2D eigenvalue weighted by Gasteiger charge is 2.22. The van der Waals surface area contributed by atoms with Crippen LogP contribution >= 0.6 is 0 Å². The van der Waals surface area contributed by atoms with Crippen LogP contribution in [0.15, 0.2) is 71.8 Å². The number of aromatic nitrogens is 1. The minimum atomic E-state index is -4.37. The SMILES string of the molecule is [2H]C([2H])([2H])Oc1cc(C(=O)NS(=O)(=O)c2ccccc2C)ccc1C([2H])([2H])c1cn(C)c2ccc(NC(=O)OC3C([2H])([2H])C([2H])([2H])C([2H])([2H])C3([2H])[2H])cc12. The van der Waals surface area contributed by atoms with Crippen LogP contribution in [0.1, 0.15) is 70.4 Å². The van der Waals surface area contributed by atoms with Gasteiger partial charge in [0.05, 0.1) is 16.0 Å². The Balaban J connectivity index is 1.49. The summed E-state index contributed by atoms with van der Waals surface area (Å²) in [6.07, 6.45) is -18.6. The van der Waals surface area contributed by atoms with Crippen LogP contribution in [-0.2, 0) is 28.2 Å². The number of aryl methyl sites for hydroxylation is 2. The third-order valence-electron chi connectivity index (χ3n) is 6.16. The zero-order valence-electron chi connectivity index (χ0n) is 34.7. The number of amides is 2. The molecule has 3 aromatic carbocycles. The topological polar surface area (TPSA) is 116 Å². The molecule has 10 heteroatoms. The molecule has 5 rings (SSSR count). The second kappa shape index (κ2) is 11.7. The maximum atomic E-state index is 13.1. The average molecular weight is 589 g/mol. The molecule has 41 heavy (non-hydrogen) atoms. The van der Waals surface area contributed by atoms with Crippen molar-refractivity contribution in [3.63, 3.8) is 0 Å². The van der Waals surface area contributed by atoms with Gasteiger partial charge >= 0.3 is 6.09 Å². The molecule has 0 aliphatic heterocycles. The molecule has 0 bridgehead atoms. The summed E-state index contributed by atoms with van der Waals surface area (Å²) in [4.78, 5) is 25.9. The van der Waals surface area contributed by atoms with Crippen LogP contribution in [0.3, 0.4) is 0 Å². The summed E-state index contributed by atoms with van der Waals surface area (Å²) in [5, 5.41) is 2.40. The van der Waals surface area contributed by atoms with Crippen LogP contribution in [0, 0.1) is 6.92 Å². The molecule has 0 unspecified atom stereocenters. The summed E-state index contributed by atoms with van der Waals surface area (Å²) in [6.45, 7) is 1.53. The summed E-state index contributed by atoms with van der Waals surface area (Å²) < 4.78 is 145. The van der Waals surface area contributed by atoms with Gasteiger partial charge in [-0.25, -0.2) is 17.9 Å². The van der Waals surface area contributed by atoms with Gasteiger partial charge in [-0.2, -0.15) is 0 Å². The second-order valence-electron chi connectivity index (χ2n) is 8.97. The number of methoxy groups -OCH3 is 1. The molecule has 1 saturated carbocycles. The van der Waals surface area contributed by atoms with Gasteiger partial charge in [0.2, 0.25) is 0 Å². The molecule has 9 nitrogen and oxygen atoms in total. The van der Waals surface area contributed by atoms with E-state index in [9.17, 15) is 18.0 Å². The van der Waals surface area contributed by atoms with Gasteiger partial charge in [-0.15, -0.1) is 0 Å². The van der Waals surface area contributed by atoms with E-state index >= 15 is 0 Å². The first kappa shape index (κ1) is 16.2. The van der Waals surface area contributed by atoms with Crippen molar-refractivity contribution in [3.05, 3.63) is 89.1 Å². The normalized spacial score (nSPS) is 24.0. The summed E-state index contributed by atoms with van der Waals surface area (Å²) >= 11 is 0. The standard InChI is InChI=1S/C31H33N3O6S/c1-20-8-4-7-11-29(20)41(37,38)33-30(35)22-13-12-21(28(17-22)39-3)16-23-19-34(2)27-15-14-24(18-26(23)27)32-31(36)40-25-9-5-6-10-25/h4,7-8,11-15,17-19,25H,5-6,9-10,16H2,1-3H3,(H,32,36)(H,33,35)/i3D3,5D2,6D2,9D2,10D2,16D2. The Labute approximate surface area is 257 Å². The number of sulfonamides is 1. The van der Waals surface area contributed by atoms with Crippen molar-refractivity contribution in [2.24, 2.45) is 7.05 Å². The Hall–Kier alpha value is -4.31. The Morgan fingerprint density at radius 3 is 2.63 bits per heavy atom. The van der Waals surface area contributed by atoms with Crippen molar-refractivity contribution >= 4 is 38.6 Å². The van der Waals surface area contributed by atoms with Crippen molar-refractivity contribution in [1.29, 1.82) is 0 Å². The number of nitrogens with zero attached hydrogens (tertiary/aromatic N) is 1. The lowest BCUT2D eigenvalue weighted by Crippen LogP contribution is -2.31. The predicted octanol–water partition coefficient (Wildman–Crippen LogP) is 5.70. The van der Waals surface area contributed by atoms with Crippen LogP contribution in [0.4, 0.5) is 10.5 Å². The molecule has 1 aliphatic rings. The Morgan fingerprint density at radius 2 is 1.88 bits per heavy atom. The van der Waals surface area contributed by atoms with E-state index in [2.05, 4.69) is 5.32 Å². The van der Waals surface area contributed by atoms with Crippen molar-refractivity contribution in [3.8, 4) is 5.75 Å². The number of carbonyl (C=O) groups is 2. The predicted molar refractivity (Wildman–Crippen MR) is 157 cm³/mol. The highest BCUT2D eigenvalue weighted by atomic mass is 32.2. The summed E-state index contributed by atoms with van der Waals surface area (Å²) in [5.74, 6) is -1.77. The van der Waals surface area contributed by atoms with Crippen LogP contribution in [0.2, 0.25) is 0 Å². The first-order valence-electron chi connectivity index (χ1n) is 18.6. The molecule has 1 aliphatic carbocycles. The van der Waals surface area contributed by atoms with Crippen molar-refractivity contribution in [2.75, 3.05) is 12.4 Å². The van der Waals surface area contributed by atoms with Gasteiger partial charge in [0, 0.05) is 55.5 Å². The Bertz CT molecular complexity index is 2250. The molecule has 0 radical (unpaired) electrons. The van der Waals surface area contributed by atoms with E-state index in [0.717, 1.165) is 18.2 Å². The molecule has 1 heterocycles. The molecule has 214 valence electrons. The van der Waals surface area contributed by atoms with Gasteiger partial charge < -0.3 is 14.0 Å². The smallest absolute Gasteiger partial charge is 0.411 e. The fraction of sp³-hybridized carbons (Fsp3) is 0.290. The Morgan fingerprint density at radius 1 is 1.10 bits per heavy atom. The third kappa shape index (κ3) is 6.22. The lowest BCUT2D eigenvalue weighted by Gasteiger charge is -2.13. The molecule has 0 saturated heterocycles. The molecule has 0 atom stereocenters. The number of benzene rings is 3. The van der Waals surface area contributed by atoms with Crippen LogP contribution in [-0.4, -0.2) is 38.1 Å². The van der Waals surface area contributed by atoms with Gasteiger partial charge in [0.1, 0.15) is 11.9 Å². The Kier molecular flexibility index (Phi) is 4.61. The zero-order chi connectivity index (χ0) is 40.6. The number of carbonyl (C=O) groups excluding carboxylic acids is 2. The lowest BCUT2D eigenvalue weighted by molar-refractivity contribution is 0.0980. The van der Waals surface area contributed by atoms with E-state index in [4.69, 9.17) is 27.3 Å². The molecule has 4 aromatic rings. The van der Waals surface area contributed by atoms with Gasteiger partial charge in [0.25, 0.3) is 15.9 Å². The van der Waals surface area contributed by atoms with Crippen LogP contribution in [0.5, 0.6) is 5.75 Å². The summed E-state index contributed by atoms with van der Waals surface area (Å²) in [7, 11) is -5.95. The van der Waals surface area contributed by atoms with Crippen molar-refractivity contribution in [1.82, 2.24) is 9.29 Å². The second-order valence-corrected chi connectivity index (χ2v) is 10.6. The number of hydrogen-bond acceptors (Lipinski definition) is 6. The maximum absolute atomic E-state index is 13.1. The molecule has 1 aromatic heterocycles. The number of anilines is 1. The van der Waals surface area contributed by atoms with Gasteiger partial charge in [-0.3, -0.25) is 10.1 Å². The molecule has 1 fully saturated rings. The first-order valence-corrected chi connectivity index (χ1v) is 13.6. The number of nitrogens with one attached hydrogen (secondary N) is 2. The molecular formula is C31H33N3O6S. The highest BCUT2D eigenvalue weighted by molar-refractivity contribution is 7.90. The summed E-state index contributed by atoms with van der Waals surface area (Å²) in [6, 6.07) is 13.0. The molecule has 0 spiro atoms. The van der Waals surface area contributed by atoms with Crippen LogP contribution in [0.25, 0.3) is 10.9 Å². The lowest BCUT2D eigenvalue weighted by atomic mass is 10.0. The average Bonchev–Trinajstić information content (AvgIpc) is 3.40. The van der Waals surface area contributed by atoms with Crippen molar-refractivity contribution < 1.29 is 45.3 Å². The largest absolute Gasteiger partial charge is 0.496 e. The maximum Gasteiger partial charge on any atom is 0.411 e. The number of fused-ring (bicyclic) bond motifs is 1. The quantitative estimate of drug-likeness (QED) is 0.273. The fourth-order valence-electron chi connectivity index (χ4n) is 4.21. The van der Waals surface area contributed by atoms with E-state index in [0.29, 0.717) is 11.1 Å². The minimum Gasteiger partial charge on any atom is -0.496 e. The fourth-order valence-corrected chi connectivity index (χ4v) is 5.43. The van der Waals surface area contributed by atoms with Gasteiger partial charge in [-0.05, 0) is 85.5 Å².